The normalized spacial score (nSPS) is 11.6. The molecule has 1 aromatic carbocycles. The van der Waals surface area contributed by atoms with E-state index in [0.29, 0.717) is 6.42 Å². The number of benzene rings is 1. The summed E-state index contributed by atoms with van der Waals surface area (Å²) in [6.45, 7) is 3.09. The first kappa shape index (κ1) is 21.4. The topological polar surface area (TPSA) is 125 Å². The maximum Gasteiger partial charge on any atom is 0.338 e. The lowest BCUT2D eigenvalue weighted by atomic mass is 10.0. The van der Waals surface area contributed by atoms with Crippen LogP contribution >= 0.6 is 11.6 Å². The minimum absolute atomic E-state index is 0.122. The van der Waals surface area contributed by atoms with Crippen molar-refractivity contribution in [3.8, 4) is 0 Å². The average molecular weight is 387 g/mol. The van der Waals surface area contributed by atoms with Gasteiger partial charge in [0.25, 0.3) is 11.6 Å². The third kappa shape index (κ3) is 6.32. The molecule has 1 N–H and O–H groups in total. The van der Waals surface area contributed by atoms with Crippen LogP contribution in [0.1, 0.15) is 30.6 Å². The van der Waals surface area contributed by atoms with Gasteiger partial charge in [-0.25, -0.2) is 9.59 Å². The number of amides is 1. The Morgan fingerprint density at radius 3 is 2.50 bits per heavy atom. The van der Waals surface area contributed by atoms with Gasteiger partial charge in [0.15, 0.2) is 6.61 Å². The van der Waals surface area contributed by atoms with Gasteiger partial charge in [-0.2, -0.15) is 0 Å². The van der Waals surface area contributed by atoms with Gasteiger partial charge in [-0.15, -0.1) is 0 Å². The summed E-state index contributed by atoms with van der Waals surface area (Å²) < 4.78 is 9.43. The zero-order valence-electron chi connectivity index (χ0n) is 14.5. The van der Waals surface area contributed by atoms with E-state index < -0.39 is 41.1 Å². The van der Waals surface area contributed by atoms with Gasteiger partial charge in [-0.05, 0) is 24.5 Å². The molecule has 0 aliphatic carbocycles. The van der Waals surface area contributed by atoms with Crippen LogP contribution in [-0.2, 0) is 19.1 Å². The SMILES string of the molecule is COC(=O)[C@H](CC(C)C)NC(=O)COC(=O)c1ccc(Cl)c([N+](=O)[O-])c1. The zero-order chi connectivity index (χ0) is 19.9. The van der Waals surface area contributed by atoms with Gasteiger partial charge in [0.05, 0.1) is 17.6 Å². The van der Waals surface area contributed by atoms with Gasteiger partial charge in [0, 0.05) is 6.07 Å². The average Bonchev–Trinajstić information content (AvgIpc) is 2.58. The molecular formula is C16H19ClN2O7. The third-order valence-electron chi connectivity index (χ3n) is 3.24. The van der Waals surface area contributed by atoms with Crippen molar-refractivity contribution in [1.29, 1.82) is 0 Å². The maximum atomic E-state index is 11.9. The molecule has 10 heteroatoms. The molecule has 0 unspecified atom stereocenters. The fourth-order valence-corrected chi connectivity index (χ4v) is 2.24. The van der Waals surface area contributed by atoms with E-state index in [2.05, 4.69) is 10.1 Å². The van der Waals surface area contributed by atoms with Crippen LogP contribution in [0.5, 0.6) is 0 Å². The van der Waals surface area contributed by atoms with Crippen LogP contribution in [-0.4, -0.2) is 42.5 Å². The quantitative estimate of drug-likeness (QED) is 0.412. The summed E-state index contributed by atoms with van der Waals surface area (Å²) in [5, 5.41) is 13.1. The van der Waals surface area contributed by atoms with Gasteiger partial charge in [-0.1, -0.05) is 25.4 Å². The minimum Gasteiger partial charge on any atom is -0.467 e. The Labute approximate surface area is 154 Å². The molecule has 0 radical (unpaired) electrons. The number of nitro benzene ring substituents is 1. The molecular weight excluding hydrogens is 368 g/mol. The Hall–Kier alpha value is -2.68. The summed E-state index contributed by atoms with van der Waals surface area (Å²) in [6, 6.07) is 2.53. The van der Waals surface area contributed by atoms with Crippen LogP contribution < -0.4 is 5.32 Å². The fraction of sp³-hybridized carbons (Fsp3) is 0.438. The standard InChI is InChI=1S/C16H19ClN2O7/c1-9(2)6-12(16(22)25-3)18-14(20)8-26-15(21)10-4-5-11(17)13(7-10)19(23)24/h4-5,7,9,12H,6,8H2,1-3H3,(H,18,20)/t12-/m0/s1. The van der Waals surface area contributed by atoms with E-state index in [-0.39, 0.29) is 16.5 Å². The Bertz CT molecular complexity index is 706. The number of carbonyl (C=O) groups is 3. The van der Waals surface area contributed by atoms with Gasteiger partial charge in [0.2, 0.25) is 0 Å². The van der Waals surface area contributed by atoms with E-state index in [1.54, 1.807) is 0 Å². The summed E-state index contributed by atoms with van der Waals surface area (Å²) in [5.41, 5.74) is -0.575. The maximum absolute atomic E-state index is 11.9. The smallest absolute Gasteiger partial charge is 0.338 e. The highest BCUT2D eigenvalue weighted by atomic mass is 35.5. The number of nitrogens with zero attached hydrogens (tertiary/aromatic N) is 1. The molecule has 0 bridgehead atoms. The second kappa shape index (κ2) is 9.71. The summed E-state index contributed by atoms with van der Waals surface area (Å²) in [6.07, 6.45) is 0.357. The highest BCUT2D eigenvalue weighted by Crippen LogP contribution is 2.25. The predicted octanol–water partition coefficient (Wildman–Crippen LogP) is 2.11. The van der Waals surface area contributed by atoms with E-state index in [4.69, 9.17) is 16.3 Å². The molecule has 1 aromatic rings. The van der Waals surface area contributed by atoms with Crippen molar-refractivity contribution < 1.29 is 28.8 Å². The molecule has 0 aliphatic heterocycles. The first-order valence-electron chi connectivity index (χ1n) is 7.64. The number of carbonyl (C=O) groups excluding carboxylic acids is 3. The van der Waals surface area contributed by atoms with Crippen molar-refractivity contribution in [1.82, 2.24) is 5.32 Å². The fourth-order valence-electron chi connectivity index (χ4n) is 2.06. The molecule has 0 fully saturated rings. The van der Waals surface area contributed by atoms with Gasteiger partial charge < -0.3 is 14.8 Å². The van der Waals surface area contributed by atoms with Crippen molar-refractivity contribution >= 4 is 35.1 Å². The van der Waals surface area contributed by atoms with Gasteiger partial charge in [-0.3, -0.25) is 14.9 Å². The van der Waals surface area contributed by atoms with Crippen molar-refractivity contribution in [3.63, 3.8) is 0 Å². The monoisotopic (exact) mass is 386 g/mol. The lowest BCUT2D eigenvalue weighted by Gasteiger charge is -2.18. The Morgan fingerprint density at radius 2 is 1.96 bits per heavy atom. The van der Waals surface area contributed by atoms with E-state index in [9.17, 15) is 24.5 Å². The first-order chi connectivity index (χ1) is 12.1. The molecule has 9 nitrogen and oxygen atoms in total. The molecule has 0 saturated heterocycles. The highest BCUT2D eigenvalue weighted by Gasteiger charge is 2.23. The van der Waals surface area contributed by atoms with Crippen LogP contribution in [0.3, 0.4) is 0 Å². The summed E-state index contributed by atoms with van der Waals surface area (Å²) in [7, 11) is 1.20. The molecule has 0 saturated carbocycles. The van der Waals surface area contributed by atoms with Crippen molar-refractivity contribution in [2.24, 2.45) is 5.92 Å². The number of halogens is 1. The summed E-state index contributed by atoms with van der Waals surface area (Å²) in [5.74, 6) is -2.11. The van der Waals surface area contributed by atoms with E-state index in [0.717, 1.165) is 6.07 Å². The molecule has 1 rings (SSSR count). The molecule has 1 amide bonds. The van der Waals surface area contributed by atoms with E-state index >= 15 is 0 Å². The minimum atomic E-state index is -0.932. The van der Waals surface area contributed by atoms with Gasteiger partial charge in [0.1, 0.15) is 11.1 Å². The largest absolute Gasteiger partial charge is 0.467 e. The molecule has 0 heterocycles. The highest BCUT2D eigenvalue weighted by molar-refractivity contribution is 6.32. The number of hydrogen-bond acceptors (Lipinski definition) is 7. The summed E-state index contributed by atoms with van der Waals surface area (Å²) >= 11 is 5.66. The first-order valence-corrected chi connectivity index (χ1v) is 8.01. The number of esters is 2. The van der Waals surface area contributed by atoms with Crippen molar-refractivity contribution in [2.75, 3.05) is 13.7 Å². The molecule has 0 aromatic heterocycles. The third-order valence-corrected chi connectivity index (χ3v) is 3.56. The molecule has 1 atom stereocenters. The Balaban J connectivity index is 2.68. The predicted molar refractivity (Wildman–Crippen MR) is 91.8 cm³/mol. The second-order valence-electron chi connectivity index (χ2n) is 5.77. The number of nitro groups is 1. The lowest BCUT2D eigenvalue weighted by Crippen LogP contribution is -2.44. The van der Waals surface area contributed by atoms with Crippen LogP contribution in [0, 0.1) is 16.0 Å². The zero-order valence-corrected chi connectivity index (χ0v) is 15.2. The van der Waals surface area contributed by atoms with Crippen molar-refractivity contribution in [2.45, 2.75) is 26.3 Å². The molecule has 0 aliphatic rings. The van der Waals surface area contributed by atoms with Crippen LogP contribution in [0.4, 0.5) is 5.69 Å². The van der Waals surface area contributed by atoms with Crippen LogP contribution in [0.2, 0.25) is 5.02 Å². The number of methoxy groups -OCH3 is 1. The van der Waals surface area contributed by atoms with Gasteiger partial charge >= 0.3 is 11.9 Å². The molecule has 0 spiro atoms. The van der Waals surface area contributed by atoms with Crippen molar-refractivity contribution in [3.05, 3.63) is 38.9 Å². The number of nitrogens with one attached hydrogen (secondary N) is 1. The number of hydrogen-bond donors (Lipinski definition) is 1. The van der Waals surface area contributed by atoms with Crippen LogP contribution in [0.25, 0.3) is 0 Å². The number of rotatable bonds is 8. The van der Waals surface area contributed by atoms with E-state index in [1.807, 2.05) is 13.8 Å². The second-order valence-corrected chi connectivity index (χ2v) is 6.18. The Morgan fingerprint density at radius 1 is 1.31 bits per heavy atom. The molecule has 142 valence electrons. The summed E-state index contributed by atoms with van der Waals surface area (Å²) in [4.78, 5) is 45.6. The van der Waals surface area contributed by atoms with Crippen LogP contribution in [0.15, 0.2) is 18.2 Å². The molecule has 26 heavy (non-hydrogen) atoms. The van der Waals surface area contributed by atoms with E-state index in [1.165, 1.54) is 19.2 Å². The lowest BCUT2D eigenvalue weighted by molar-refractivity contribution is -0.384. The number of ether oxygens (including phenoxy) is 2. The Kier molecular flexibility index (Phi) is 7.98.